The van der Waals surface area contributed by atoms with Gasteiger partial charge in [-0.1, -0.05) is 20.8 Å². The number of nitrogens with zero attached hydrogens (tertiary/aromatic N) is 2. The van der Waals surface area contributed by atoms with Crippen molar-refractivity contribution < 1.29 is 4.79 Å². The van der Waals surface area contributed by atoms with Gasteiger partial charge in [-0.25, -0.2) is 0 Å². The number of rotatable bonds is 0. The Labute approximate surface area is 98.8 Å². The van der Waals surface area contributed by atoms with E-state index in [9.17, 15) is 4.79 Å². The normalized spacial score (nSPS) is 31.6. The molecule has 0 aromatic carbocycles. The fourth-order valence-corrected chi connectivity index (χ4v) is 2.97. The van der Waals surface area contributed by atoms with E-state index in [0.717, 1.165) is 19.5 Å². The maximum absolute atomic E-state index is 12.3. The fourth-order valence-electron chi connectivity index (χ4n) is 2.97. The van der Waals surface area contributed by atoms with Crippen molar-refractivity contribution >= 4 is 5.91 Å². The van der Waals surface area contributed by atoms with E-state index >= 15 is 0 Å². The molecule has 2 unspecified atom stereocenters. The number of carbonyl (C=O) groups is 1. The Balaban J connectivity index is 2.07. The predicted molar refractivity (Wildman–Crippen MR) is 65.2 cm³/mol. The summed E-state index contributed by atoms with van der Waals surface area (Å²) < 4.78 is 0. The number of carbonyl (C=O) groups excluding carboxylic acids is 1. The highest BCUT2D eigenvalue weighted by molar-refractivity contribution is 5.81. The molecule has 92 valence electrons. The van der Waals surface area contributed by atoms with Crippen molar-refractivity contribution in [2.75, 3.05) is 20.1 Å². The van der Waals surface area contributed by atoms with Crippen LogP contribution in [0.1, 0.15) is 40.0 Å². The molecule has 2 heterocycles. The van der Waals surface area contributed by atoms with E-state index in [2.05, 4.69) is 16.8 Å². The Morgan fingerprint density at radius 3 is 2.38 bits per heavy atom. The van der Waals surface area contributed by atoms with E-state index in [0.29, 0.717) is 18.0 Å². The molecular weight excluding hydrogens is 200 g/mol. The van der Waals surface area contributed by atoms with E-state index < -0.39 is 0 Å². The van der Waals surface area contributed by atoms with Crippen molar-refractivity contribution in [2.24, 2.45) is 5.41 Å². The minimum atomic E-state index is -0.234. The summed E-state index contributed by atoms with van der Waals surface area (Å²) in [5.41, 5.74) is -0.234. The highest BCUT2D eigenvalue weighted by Gasteiger charge is 2.38. The predicted octanol–water partition coefficient (Wildman–Crippen LogP) is 1.73. The number of fused-ring (bicyclic) bond motifs is 2. The Hall–Kier alpha value is -0.570. The van der Waals surface area contributed by atoms with Crippen molar-refractivity contribution in [1.82, 2.24) is 9.80 Å². The zero-order valence-electron chi connectivity index (χ0n) is 11.0. The van der Waals surface area contributed by atoms with E-state index in [4.69, 9.17) is 0 Å². The van der Waals surface area contributed by atoms with Gasteiger partial charge in [0.1, 0.15) is 0 Å². The molecule has 2 saturated heterocycles. The highest BCUT2D eigenvalue weighted by Crippen LogP contribution is 2.30. The van der Waals surface area contributed by atoms with Crippen molar-refractivity contribution in [2.45, 2.75) is 52.1 Å². The lowest BCUT2D eigenvalue weighted by atomic mass is 9.94. The highest BCUT2D eigenvalue weighted by atomic mass is 16.2. The van der Waals surface area contributed by atoms with Crippen LogP contribution in [0.4, 0.5) is 0 Å². The molecule has 0 aromatic heterocycles. The van der Waals surface area contributed by atoms with Crippen LogP contribution in [0.25, 0.3) is 0 Å². The van der Waals surface area contributed by atoms with E-state index in [1.54, 1.807) is 0 Å². The van der Waals surface area contributed by atoms with Gasteiger partial charge in [0.25, 0.3) is 0 Å². The molecule has 2 atom stereocenters. The van der Waals surface area contributed by atoms with Crippen LogP contribution in [0.2, 0.25) is 0 Å². The first-order chi connectivity index (χ1) is 7.39. The first-order valence-electron chi connectivity index (χ1n) is 6.41. The average Bonchev–Trinajstić information content (AvgIpc) is 2.39. The number of hydrogen-bond acceptors (Lipinski definition) is 2. The molecule has 16 heavy (non-hydrogen) atoms. The van der Waals surface area contributed by atoms with Crippen molar-refractivity contribution in [3.63, 3.8) is 0 Å². The summed E-state index contributed by atoms with van der Waals surface area (Å²) >= 11 is 0. The van der Waals surface area contributed by atoms with Crippen LogP contribution >= 0.6 is 0 Å². The Bertz CT molecular complexity index is 282. The Morgan fingerprint density at radius 1 is 1.12 bits per heavy atom. The zero-order valence-corrected chi connectivity index (χ0v) is 11.0. The average molecular weight is 224 g/mol. The summed E-state index contributed by atoms with van der Waals surface area (Å²) in [7, 11) is 2.22. The van der Waals surface area contributed by atoms with Crippen LogP contribution in [-0.4, -0.2) is 47.9 Å². The quantitative estimate of drug-likeness (QED) is 0.625. The molecule has 2 aliphatic heterocycles. The third-order valence-corrected chi connectivity index (χ3v) is 4.08. The molecule has 0 spiro atoms. The molecule has 0 aliphatic carbocycles. The van der Waals surface area contributed by atoms with Crippen molar-refractivity contribution in [1.29, 1.82) is 0 Å². The molecular formula is C13H24N2O. The van der Waals surface area contributed by atoms with Gasteiger partial charge in [0.15, 0.2) is 0 Å². The molecule has 0 N–H and O–H groups in total. The third kappa shape index (κ3) is 2.10. The summed E-state index contributed by atoms with van der Waals surface area (Å²) in [6.45, 7) is 7.93. The lowest BCUT2D eigenvalue weighted by Crippen LogP contribution is -2.44. The van der Waals surface area contributed by atoms with Gasteiger partial charge in [0.2, 0.25) is 5.91 Å². The molecule has 1 amide bonds. The molecule has 0 aromatic rings. The molecule has 3 nitrogen and oxygen atoms in total. The molecule has 2 fully saturated rings. The topological polar surface area (TPSA) is 23.6 Å². The first kappa shape index (κ1) is 11.9. The van der Waals surface area contributed by atoms with Crippen LogP contribution in [0, 0.1) is 5.41 Å². The molecule has 0 saturated carbocycles. The monoisotopic (exact) mass is 224 g/mol. The van der Waals surface area contributed by atoms with Crippen LogP contribution in [0.15, 0.2) is 0 Å². The number of amides is 1. The standard InChI is InChI=1S/C13H24N2O/c1-13(2,3)12(16)15-8-7-10-5-6-11(9-15)14(10)4/h10-11H,5-9H2,1-4H3. The van der Waals surface area contributed by atoms with E-state index in [1.165, 1.54) is 12.8 Å². The lowest BCUT2D eigenvalue weighted by Gasteiger charge is -2.31. The van der Waals surface area contributed by atoms with E-state index in [1.807, 2.05) is 20.8 Å². The maximum Gasteiger partial charge on any atom is 0.228 e. The second kappa shape index (κ2) is 4.02. The summed E-state index contributed by atoms with van der Waals surface area (Å²) in [4.78, 5) is 16.8. The smallest absolute Gasteiger partial charge is 0.228 e. The summed E-state index contributed by atoms with van der Waals surface area (Å²) in [6, 6.07) is 1.31. The van der Waals surface area contributed by atoms with Crippen LogP contribution < -0.4 is 0 Å². The van der Waals surface area contributed by atoms with Gasteiger partial charge in [0, 0.05) is 30.6 Å². The molecule has 3 heteroatoms. The largest absolute Gasteiger partial charge is 0.341 e. The first-order valence-corrected chi connectivity index (χ1v) is 6.41. The second-order valence-corrected chi connectivity index (χ2v) is 6.34. The summed E-state index contributed by atoms with van der Waals surface area (Å²) in [5, 5.41) is 0. The number of hydrogen-bond donors (Lipinski definition) is 0. The Morgan fingerprint density at radius 2 is 1.75 bits per heavy atom. The van der Waals surface area contributed by atoms with Gasteiger partial charge in [-0.05, 0) is 26.3 Å². The van der Waals surface area contributed by atoms with Crippen LogP contribution in [0.5, 0.6) is 0 Å². The lowest BCUT2D eigenvalue weighted by molar-refractivity contribution is -0.139. The van der Waals surface area contributed by atoms with Gasteiger partial charge in [-0.15, -0.1) is 0 Å². The maximum atomic E-state index is 12.3. The van der Waals surface area contributed by atoms with Gasteiger partial charge in [-0.2, -0.15) is 0 Å². The molecule has 0 radical (unpaired) electrons. The summed E-state index contributed by atoms with van der Waals surface area (Å²) in [6.07, 6.45) is 3.72. The van der Waals surface area contributed by atoms with Crippen LogP contribution in [0.3, 0.4) is 0 Å². The fraction of sp³-hybridized carbons (Fsp3) is 0.923. The van der Waals surface area contributed by atoms with E-state index in [-0.39, 0.29) is 5.41 Å². The van der Waals surface area contributed by atoms with Crippen molar-refractivity contribution in [3.05, 3.63) is 0 Å². The SMILES string of the molecule is CN1C2CCC1CN(C(=O)C(C)(C)C)CC2. The second-order valence-electron chi connectivity index (χ2n) is 6.34. The van der Waals surface area contributed by atoms with Crippen LogP contribution in [-0.2, 0) is 4.79 Å². The van der Waals surface area contributed by atoms with Crippen molar-refractivity contribution in [3.8, 4) is 0 Å². The van der Waals surface area contributed by atoms with Gasteiger partial charge in [0.05, 0.1) is 0 Å². The molecule has 2 rings (SSSR count). The minimum Gasteiger partial charge on any atom is -0.341 e. The Kier molecular flexibility index (Phi) is 2.99. The zero-order chi connectivity index (χ0) is 11.9. The molecule has 2 aliphatic rings. The number of likely N-dealkylation sites (N-methyl/N-ethyl adjacent to an activating group) is 1. The minimum absolute atomic E-state index is 0.234. The van der Waals surface area contributed by atoms with Gasteiger partial charge in [-0.3, -0.25) is 9.69 Å². The summed E-state index contributed by atoms with van der Waals surface area (Å²) in [5.74, 6) is 0.313. The van der Waals surface area contributed by atoms with Gasteiger partial charge < -0.3 is 4.90 Å². The molecule has 2 bridgehead atoms. The van der Waals surface area contributed by atoms with Gasteiger partial charge >= 0.3 is 0 Å². The number of likely N-dealkylation sites (tertiary alicyclic amines) is 1. The third-order valence-electron chi connectivity index (χ3n) is 4.08.